The minimum atomic E-state index is 0.528. The number of nitrogen functional groups attached to an aromatic ring is 1. The van der Waals surface area contributed by atoms with Crippen molar-refractivity contribution < 1.29 is 0 Å². The van der Waals surface area contributed by atoms with E-state index in [2.05, 4.69) is 16.0 Å². The lowest BCUT2D eigenvalue weighted by atomic mass is 10.1. The van der Waals surface area contributed by atoms with Crippen molar-refractivity contribution in [3.8, 4) is 11.3 Å². The lowest BCUT2D eigenvalue weighted by molar-refractivity contribution is 0.930. The number of para-hydroxylation sites is 1. The van der Waals surface area contributed by atoms with Crippen molar-refractivity contribution in [1.29, 1.82) is 0 Å². The summed E-state index contributed by atoms with van der Waals surface area (Å²) in [5, 5.41) is 1.17. The molecule has 16 heavy (non-hydrogen) atoms. The van der Waals surface area contributed by atoms with Crippen molar-refractivity contribution in [2.75, 3.05) is 5.73 Å². The van der Waals surface area contributed by atoms with Gasteiger partial charge in [-0.25, -0.2) is 4.98 Å². The van der Waals surface area contributed by atoms with Crippen LogP contribution in [0.5, 0.6) is 0 Å². The number of aromatic amines is 1. The van der Waals surface area contributed by atoms with Crippen LogP contribution in [0.25, 0.3) is 22.2 Å². The Morgan fingerprint density at radius 2 is 2.12 bits per heavy atom. The number of nitrogens with two attached hydrogens (primary N) is 1. The number of anilines is 1. The van der Waals surface area contributed by atoms with Gasteiger partial charge in [-0.3, -0.25) is 0 Å². The zero-order valence-electron chi connectivity index (χ0n) is 8.94. The van der Waals surface area contributed by atoms with Gasteiger partial charge in [0.2, 0.25) is 0 Å². The monoisotopic (exact) mass is 212 g/mol. The van der Waals surface area contributed by atoms with Crippen molar-refractivity contribution >= 4 is 16.9 Å². The predicted octanol–water partition coefficient (Wildman–Crippen LogP) is 2.15. The third-order valence-electron chi connectivity index (χ3n) is 2.78. The molecule has 0 aliphatic rings. The molecular weight excluding hydrogens is 200 g/mol. The van der Waals surface area contributed by atoms with Gasteiger partial charge in [0.05, 0.1) is 5.69 Å². The number of fused-ring (bicyclic) bond motifs is 1. The Labute approximate surface area is 92.7 Å². The zero-order chi connectivity index (χ0) is 11.1. The fourth-order valence-electron chi connectivity index (χ4n) is 1.89. The van der Waals surface area contributed by atoms with E-state index in [1.165, 1.54) is 5.39 Å². The number of nitrogens with one attached hydrogen (secondary N) is 1. The SMILES string of the molecule is Cn1cc(-c2c[nH]c3ccccc23)nc1N. The first-order valence-electron chi connectivity index (χ1n) is 5.11. The highest BCUT2D eigenvalue weighted by molar-refractivity contribution is 5.94. The van der Waals surface area contributed by atoms with E-state index in [4.69, 9.17) is 5.73 Å². The quantitative estimate of drug-likeness (QED) is 0.649. The summed E-state index contributed by atoms with van der Waals surface area (Å²) in [7, 11) is 1.89. The third-order valence-corrected chi connectivity index (χ3v) is 2.78. The molecule has 0 spiro atoms. The number of aromatic nitrogens is 3. The van der Waals surface area contributed by atoms with E-state index in [0.29, 0.717) is 5.95 Å². The number of H-pyrrole nitrogens is 1. The van der Waals surface area contributed by atoms with Gasteiger partial charge in [0.1, 0.15) is 0 Å². The third kappa shape index (κ3) is 1.20. The van der Waals surface area contributed by atoms with Crippen molar-refractivity contribution in [2.24, 2.45) is 7.05 Å². The fraction of sp³-hybridized carbons (Fsp3) is 0.0833. The average Bonchev–Trinajstić information content (AvgIpc) is 2.83. The van der Waals surface area contributed by atoms with Crippen molar-refractivity contribution in [1.82, 2.24) is 14.5 Å². The summed E-state index contributed by atoms with van der Waals surface area (Å²) < 4.78 is 1.82. The van der Waals surface area contributed by atoms with E-state index < -0.39 is 0 Å². The maximum Gasteiger partial charge on any atom is 0.200 e. The summed E-state index contributed by atoms with van der Waals surface area (Å²) in [5.74, 6) is 0.528. The molecule has 0 saturated carbocycles. The Hall–Kier alpha value is -2.23. The lowest BCUT2D eigenvalue weighted by Crippen LogP contribution is -1.94. The van der Waals surface area contributed by atoms with Gasteiger partial charge in [-0.2, -0.15) is 0 Å². The summed E-state index contributed by atoms with van der Waals surface area (Å²) in [6.45, 7) is 0. The molecule has 0 fully saturated rings. The van der Waals surface area contributed by atoms with E-state index in [-0.39, 0.29) is 0 Å². The van der Waals surface area contributed by atoms with Crippen LogP contribution < -0.4 is 5.73 Å². The van der Waals surface area contributed by atoms with E-state index in [1.807, 2.05) is 42.2 Å². The minimum absolute atomic E-state index is 0.528. The van der Waals surface area contributed by atoms with E-state index in [9.17, 15) is 0 Å². The maximum absolute atomic E-state index is 5.73. The molecule has 1 aromatic carbocycles. The molecule has 4 heteroatoms. The van der Waals surface area contributed by atoms with Gasteiger partial charge in [-0.1, -0.05) is 18.2 Å². The first kappa shape index (κ1) is 9.03. The number of hydrogen-bond acceptors (Lipinski definition) is 2. The second-order valence-corrected chi connectivity index (χ2v) is 3.84. The minimum Gasteiger partial charge on any atom is -0.369 e. The standard InChI is InChI=1S/C12H12N4/c1-16-7-11(15-12(16)13)9-6-14-10-5-3-2-4-8(9)10/h2-7,14H,1H3,(H2,13,15). The summed E-state index contributed by atoms with van der Waals surface area (Å²) in [4.78, 5) is 7.55. The van der Waals surface area contributed by atoms with Crippen LogP contribution in [-0.2, 0) is 7.05 Å². The molecule has 80 valence electrons. The number of benzene rings is 1. The molecule has 0 amide bonds. The number of imidazole rings is 1. The van der Waals surface area contributed by atoms with E-state index in [1.54, 1.807) is 0 Å². The topological polar surface area (TPSA) is 59.6 Å². The Balaban J connectivity index is 2.26. The average molecular weight is 212 g/mol. The molecule has 0 saturated heterocycles. The maximum atomic E-state index is 5.73. The molecule has 0 aliphatic heterocycles. The molecule has 3 aromatic rings. The molecule has 3 N–H and O–H groups in total. The smallest absolute Gasteiger partial charge is 0.200 e. The molecule has 0 radical (unpaired) electrons. The molecule has 0 bridgehead atoms. The predicted molar refractivity (Wildman–Crippen MR) is 64.9 cm³/mol. The fourth-order valence-corrected chi connectivity index (χ4v) is 1.89. The molecule has 2 aromatic heterocycles. The number of rotatable bonds is 1. The Bertz CT molecular complexity index is 628. The molecule has 3 rings (SSSR count). The molecule has 0 aliphatic carbocycles. The largest absolute Gasteiger partial charge is 0.369 e. The zero-order valence-corrected chi connectivity index (χ0v) is 8.94. The van der Waals surface area contributed by atoms with Crippen LogP contribution in [0.1, 0.15) is 0 Å². The van der Waals surface area contributed by atoms with Crippen LogP contribution >= 0.6 is 0 Å². The highest BCUT2D eigenvalue weighted by atomic mass is 15.1. The summed E-state index contributed by atoms with van der Waals surface area (Å²) in [6.07, 6.45) is 3.90. The molecule has 0 unspecified atom stereocenters. The van der Waals surface area contributed by atoms with Crippen LogP contribution in [-0.4, -0.2) is 14.5 Å². The van der Waals surface area contributed by atoms with Crippen LogP contribution in [0.2, 0.25) is 0 Å². The van der Waals surface area contributed by atoms with Gasteiger partial charge in [-0.05, 0) is 6.07 Å². The lowest BCUT2D eigenvalue weighted by Gasteiger charge is -1.92. The summed E-state index contributed by atoms with van der Waals surface area (Å²) in [5.41, 5.74) is 8.83. The number of nitrogens with zero attached hydrogens (tertiary/aromatic N) is 2. The highest BCUT2D eigenvalue weighted by Gasteiger charge is 2.09. The van der Waals surface area contributed by atoms with E-state index in [0.717, 1.165) is 16.8 Å². The first-order chi connectivity index (χ1) is 7.75. The number of aryl methyl sites for hydroxylation is 1. The van der Waals surface area contributed by atoms with Crippen LogP contribution in [0, 0.1) is 0 Å². The van der Waals surface area contributed by atoms with Gasteiger partial charge >= 0.3 is 0 Å². The van der Waals surface area contributed by atoms with Gasteiger partial charge in [0, 0.05) is 35.9 Å². The van der Waals surface area contributed by atoms with Gasteiger partial charge in [-0.15, -0.1) is 0 Å². The van der Waals surface area contributed by atoms with Crippen molar-refractivity contribution in [3.05, 3.63) is 36.7 Å². The van der Waals surface area contributed by atoms with E-state index >= 15 is 0 Å². The second-order valence-electron chi connectivity index (χ2n) is 3.84. The number of hydrogen-bond donors (Lipinski definition) is 2. The van der Waals surface area contributed by atoms with Crippen LogP contribution in [0.4, 0.5) is 5.95 Å². The second kappa shape index (κ2) is 3.13. The van der Waals surface area contributed by atoms with Crippen molar-refractivity contribution in [3.63, 3.8) is 0 Å². The van der Waals surface area contributed by atoms with Crippen molar-refractivity contribution in [2.45, 2.75) is 0 Å². The molecule has 4 nitrogen and oxygen atoms in total. The summed E-state index contributed by atoms with van der Waals surface area (Å²) in [6, 6.07) is 8.15. The summed E-state index contributed by atoms with van der Waals surface area (Å²) >= 11 is 0. The molecule has 0 atom stereocenters. The highest BCUT2D eigenvalue weighted by Crippen LogP contribution is 2.27. The molecular formula is C12H12N4. The van der Waals surface area contributed by atoms with Gasteiger partial charge < -0.3 is 15.3 Å². The van der Waals surface area contributed by atoms with Crippen LogP contribution in [0.15, 0.2) is 36.7 Å². The molecule has 2 heterocycles. The Morgan fingerprint density at radius 1 is 1.31 bits per heavy atom. The Morgan fingerprint density at radius 3 is 2.88 bits per heavy atom. The Kier molecular flexibility index (Phi) is 1.77. The normalized spacial score (nSPS) is 11.1. The van der Waals surface area contributed by atoms with Gasteiger partial charge in [0.15, 0.2) is 5.95 Å². The van der Waals surface area contributed by atoms with Crippen LogP contribution in [0.3, 0.4) is 0 Å². The first-order valence-corrected chi connectivity index (χ1v) is 5.11. The van der Waals surface area contributed by atoms with Gasteiger partial charge in [0.25, 0.3) is 0 Å².